The molecule has 1 atom stereocenters. The van der Waals surface area contributed by atoms with Gasteiger partial charge >= 0.3 is 11.9 Å². The molecule has 24 heavy (non-hydrogen) atoms. The van der Waals surface area contributed by atoms with Gasteiger partial charge in [0.2, 0.25) is 0 Å². The number of carboxylic acid groups (broad SMARTS) is 2. The van der Waals surface area contributed by atoms with Crippen molar-refractivity contribution in [1.29, 1.82) is 0 Å². The van der Waals surface area contributed by atoms with Crippen molar-refractivity contribution in [2.45, 2.75) is 90.4 Å². The first-order valence-corrected chi connectivity index (χ1v) is 9.19. The Balaban J connectivity index is 0. The summed E-state index contributed by atoms with van der Waals surface area (Å²) in [6, 6.07) is 0. The van der Waals surface area contributed by atoms with Crippen LogP contribution in [0.15, 0.2) is 12.2 Å². The van der Waals surface area contributed by atoms with E-state index in [1.807, 2.05) is 6.08 Å². The second kappa shape index (κ2) is 18.5. The molecule has 0 bridgehead atoms. The van der Waals surface area contributed by atoms with E-state index in [4.69, 9.17) is 10.2 Å². The van der Waals surface area contributed by atoms with Crippen molar-refractivity contribution in [2.24, 2.45) is 5.92 Å². The van der Waals surface area contributed by atoms with Crippen LogP contribution in [-0.4, -0.2) is 22.2 Å². The Bertz CT molecular complexity index is 342. The van der Waals surface area contributed by atoms with Crippen molar-refractivity contribution in [3.8, 4) is 0 Å². The van der Waals surface area contributed by atoms with Crippen molar-refractivity contribution in [3.63, 3.8) is 0 Å². The number of rotatable bonds is 16. The van der Waals surface area contributed by atoms with Crippen LogP contribution in [0.5, 0.6) is 0 Å². The zero-order chi connectivity index (χ0) is 17.3. The Morgan fingerprint density at radius 3 is 1.71 bits per heavy atom. The average molecular weight is 385 g/mol. The molecular formula is C19H34NiO4. The molecule has 0 aromatic carbocycles. The third kappa shape index (κ3) is 17.5. The molecule has 0 saturated heterocycles. The number of hydrogen-bond donors (Lipinski definition) is 2. The first kappa shape index (κ1) is 25.4. The standard InChI is InChI=1S/C19H34O4.Ni/c1-2-3-4-5-6-7-8-9-10-11-12-13-14-15-17(19(22)23)16-18(20)21;/h14-15,17H,2-13,16H2,1H3,(H,20,21)(H,22,23);. The van der Waals surface area contributed by atoms with Gasteiger partial charge in [-0.25, -0.2) is 0 Å². The fraction of sp³-hybridized carbons (Fsp3) is 0.789. The Hall–Kier alpha value is -0.826. The summed E-state index contributed by atoms with van der Waals surface area (Å²) in [5.41, 5.74) is 0. The predicted molar refractivity (Wildman–Crippen MR) is 93.6 cm³/mol. The third-order valence-electron chi connectivity index (χ3n) is 4.05. The van der Waals surface area contributed by atoms with E-state index in [9.17, 15) is 9.59 Å². The minimum Gasteiger partial charge on any atom is -0.481 e. The van der Waals surface area contributed by atoms with Gasteiger partial charge in [-0.05, 0) is 12.8 Å². The molecule has 0 aromatic heterocycles. The predicted octanol–water partition coefficient (Wildman–Crippen LogP) is 5.42. The van der Waals surface area contributed by atoms with Gasteiger partial charge in [0.15, 0.2) is 0 Å². The average Bonchev–Trinajstić information content (AvgIpc) is 2.50. The molecule has 0 aliphatic heterocycles. The molecule has 1 unspecified atom stereocenters. The van der Waals surface area contributed by atoms with Gasteiger partial charge in [-0.2, -0.15) is 0 Å². The molecule has 0 aromatic rings. The number of aliphatic carboxylic acids is 2. The summed E-state index contributed by atoms with van der Waals surface area (Å²) in [6.07, 6.45) is 18.0. The molecule has 0 heterocycles. The SMILES string of the molecule is CCCCCCCCCCCCCC=CC(CC(=O)O)C(=O)O.[Ni]. The van der Waals surface area contributed by atoms with E-state index < -0.39 is 17.9 Å². The van der Waals surface area contributed by atoms with Gasteiger partial charge in [-0.15, -0.1) is 0 Å². The topological polar surface area (TPSA) is 74.6 Å². The zero-order valence-electron chi connectivity index (χ0n) is 15.0. The quantitative estimate of drug-likeness (QED) is 0.211. The van der Waals surface area contributed by atoms with E-state index in [1.165, 1.54) is 63.9 Å². The Labute approximate surface area is 157 Å². The molecule has 0 spiro atoms. The summed E-state index contributed by atoms with van der Waals surface area (Å²) in [5, 5.41) is 17.5. The van der Waals surface area contributed by atoms with E-state index in [1.54, 1.807) is 0 Å². The number of allylic oxidation sites excluding steroid dienone is 1. The summed E-state index contributed by atoms with van der Waals surface area (Å²) in [7, 11) is 0. The van der Waals surface area contributed by atoms with Crippen LogP contribution < -0.4 is 0 Å². The van der Waals surface area contributed by atoms with Crippen LogP contribution in [0.1, 0.15) is 90.4 Å². The molecule has 0 aliphatic carbocycles. The molecular weight excluding hydrogens is 351 g/mol. The number of unbranched alkanes of at least 4 members (excludes halogenated alkanes) is 11. The fourth-order valence-corrected chi connectivity index (χ4v) is 2.61. The fourth-order valence-electron chi connectivity index (χ4n) is 2.61. The van der Waals surface area contributed by atoms with Gasteiger partial charge in [0.1, 0.15) is 0 Å². The van der Waals surface area contributed by atoms with E-state index in [2.05, 4.69) is 6.92 Å². The van der Waals surface area contributed by atoms with Crippen molar-refractivity contribution in [3.05, 3.63) is 12.2 Å². The summed E-state index contributed by atoms with van der Waals surface area (Å²) in [5.74, 6) is -3.04. The number of hydrogen-bond acceptors (Lipinski definition) is 2. The van der Waals surface area contributed by atoms with Gasteiger partial charge in [0.25, 0.3) is 0 Å². The molecule has 0 aliphatic rings. The summed E-state index contributed by atoms with van der Waals surface area (Å²) in [4.78, 5) is 21.4. The largest absolute Gasteiger partial charge is 0.481 e. The number of carboxylic acids is 2. The molecule has 0 radical (unpaired) electrons. The van der Waals surface area contributed by atoms with Gasteiger partial charge < -0.3 is 10.2 Å². The molecule has 5 heteroatoms. The van der Waals surface area contributed by atoms with Crippen molar-refractivity contribution in [2.75, 3.05) is 0 Å². The first-order chi connectivity index (χ1) is 11.1. The van der Waals surface area contributed by atoms with Crippen LogP contribution in [0.4, 0.5) is 0 Å². The van der Waals surface area contributed by atoms with Gasteiger partial charge in [0.05, 0.1) is 12.3 Å². The van der Waals surface area contributed by atoms with Crippen LogP contribution in [0.3, 0.4) is 0 Å². The molecule has 0 rings (SSSR count). The van der Waals surface area contributed by atoms with Gasteiger partial charge in [0, 0.05) is 16.5 Å². The Kier molecular flexibility index (Phi) is 19.6. The summed E-state index contributed by atoms with van der Waals surface area (Å²) >= 11 is 0. The molecule has 4 nitrogen and oxygen atoms in total. The molecule has 0 amide bonds. The summed E-state index contributed by atoms with van der Waals surface area (Å²) in [6.45, 7) is 2.24. The normalized spacial score (nSPS) is 12.0. The Morgan fingerprint density at radius 2 is 1.29 bits per heavy atom. The second-order valence-electron chi connectivity index (χ2n) is 6.29. The van der Waals surface area contributed by atoms with E-state index >= 15 is 0 Å². The minimum atomic E-state index is -1.07. The van der Waals surface area contributed by atoms with E-state index in [0.717, 1.165) is 19.3 Å². The number of carbonyl (C=O) groups is 2. The summed E-state index contributed by atoms with van der Waals surface area (Å²) < 4.78 is 0. The third-order valence-corrected chi connectivity index (χ3v) is 4.05. The zero-order valence-corrected chi connectivity index (χ0v) is 15.9. The van der Waals surface area contributed by atoms with Crippen LogP contribution >= 0.6 is 0 Å². The van der Waals surface area contributed by atoms with E-state index in [0.29, 0.717) is 0 Å². The molecule has 0 fully saturated rings. The van der Waals surface area contributed by atoms with Gasteiger partial charge in [-0.1, -0.05) is 83.3 Å². The molecule has 144 valence electrons. The van der Waals surface area contributed by atoms with Crippen LogP contribution in [-0.2, 0) is 26.1 Å². The molecule has 2 N–H and O–H groups in total. The smallest absolute Gasteiger partial charge is 0.310 e. The Morgan fingerprint density at radius 1 is 0.833 bits per heavy atom. The first-order valence-electron chi connectivity index (χ1n) is 9.19. The maximum atomic E-state index is 10.9. The van der Waals surface area contributed by atoms with Crippen molar-refractivity contribution in [1.82, 2.24) is 0 Å². The molecule has 0 saturated carbocycles. The van der Waals surface area contributed by atoms with Crippen LogP contribution in [0, 0.1) is 5.92 Å². The van der Waals surface area contributed by atoms with Crippen molar-refractivity contribution >= 4 is 11.9 Å². The monoisotopic (exact) mass is 384 g/mol. The minimum absolute atomic E-state index is 0. The van der Waals surface area contributed by atoms with E-state index in [-0.39, 0.29) is 22.9 Å². The van der Waals surface area contributed by atoms with Gasteiger partial charge in [-0.3, -0.25) is 9.59 Å². The van der Waals surface area contributed by atoms with Crippen LogP contribution in [0.25, 0.3) is 0 Å². The second-order valence-corrected chi connectivity index (χ2v) is 6.29. The maximum Gasteiger partial charge on any atom is 0.310 e. The maximum absolute atomic E-state index is 10.9. The van der Waals surface area contributed by atoms with Crippen LogP contribution in [0.2, 0.25) is 0 Å². The van der Waals surface area contributed by atoms with Crippen molar-refractivity contribution < 1.29 is 36.3 Å².